The highest BCUT2D eigenvalue weighted by molar-refractivity contribution is 6.31. The van der Waals surface area contributed by atoms with Crippen molar-refractivity contribution in [2.24, 2.45) is 0 Å². The van der Waals surface area contributed by atoms with Crippen molar-refractivity contribution in [3.8, 4) is 5.75 Å². The van der Waals surface area contributed by atoms with Gasteiger partial charge in [0, 0.05) is 28.8 Å². The molecule has 0 fully saturated rings. The first-order valence-corrected chi connectivity index (χ1v) is 11.9. The van der Waals surface area contributed by atoms with E-state index < -0.39 is 23.6 Å². The van der Waals surface area contributed by atoms with Gasteiger partial charge in [0.25, 0.3) is 0 Å². The average Bonchev–Trinajstić information content (AvgIpc) is 2.85. The molecule has 1 unspecified atom stereocenters. The molecule has 0 saturated carbocycles. The number of hydrogen-bond acceptors (Lipinski definition) is 7. The Morgan fingerprint density at radius 2 is 1.73 bits per heavy atom. The topological polar surface area (TPSA) is 104 Å². The lowest BCUT2D eigenvalue weighted by Gasteiger charge is -2.23. The van der Waals surface area contributed by atoms with Gasteiger partial charge in [0.1, 0.15) is 17.0 Å². The van der Waals surface area contributed by atoms with Crippen molar-refractivity contribution in [2.75, 3.05) is 19.5 Å². The summed E-state index contributed by atoms with van der Waals surface area (Å²) in [5.41, 5.74) is 1.14. The molecule has 1 heterocycles. The number of rotatable bonds is 8. The van der Waals surface area contributed by atoms with Crippen LogP contribution in [-0.2, 0) is 15.9 Å². The zero-order chi connectivity index (χ0) is 27.2. The molecule has 0 saturated heterocycles. The van der Waals surface area contributed by atoms with Gasteiger partial charge in [0.15, 0.2) is 5.78 Å². The lowest BCUT2D eigenvalue weighted by atomic mass is 9.85. The van der Waals surface area contributed by atoms with Gasteiger partial charge in [-0.3, -0.25) is 10.1 Å². The molecule has 3 rings (SSSR count). The van der Waals surface area contributed by atoms with Crippen LogP contribution in [0.3, 0.4) is 0 Å². The lowest BCUT2D eigenvalue weighted by Crippen LogP contribution is -2.28. The van der Waals surface area contributed by atoms with E-state index in [2.05, 4.69) is 10.3 Å². The van der Waals surface area contributed by atoms with E-state index in [-0.39, 0.29) is 17.9 Å². The summed E-state index contributed by atoms with van der Waals surface area (Å²) in [6.45, 7) is 5.26. The second-order valence-corrected chi connectivity index (χ2v) is 9.65. The Hall–Kier alpha value is -3.91. The summed E-state index contributed by atoms with van der Waals surface area (Å²) in [6, 6.07) is 16.6. The van der Waals surface area contributed by atoms with E-state index in [0.717, 1.165) is 0 Å². The second-order valence-electron chi connectivity index (χ2n) is 9.22. The Balaban J connectivity index is 2.10. The number of benzene rings is 2. The molecule has 1 aromatic heterocycles. The summed E-state index contributed by atoms with van der Waals surface area (Å²) in [5, 5.41) is 3.16. The van der Waals surface area contributed by atoms with Crippen LogP contribution in [0.4, 0.5) is 10.5 Å². The molecule has 0 aliphatic carbocycles. The smallest absolute Gasteiger partial charge is 0.412 e. The highest BCUT2D eigenvalue weighted by Gasteiger charge is 2.28. The Morgan fingerprint density at radius 1 is 1.00 bits per heavy atom. The summed E-state index contributed by atoms with van der Waals surface area (Å²) in [6.07, 6.45) is -0.548. The number of ketones is 1. The molecule has 1 amide bonds. The molecular formula is C28H29ClN2O6. The number of ether oxygens (including phenoxy) is 3. The minimum Gasteiger partial charge on any atom is -0.497 e. The van der Waals surface area contributed by atoms with E-state index in [1.807, 2.05) is 0 Å². The van der Waals surface area contributed by atoms with Crippen LogP contribution in [0.2, 0.25) is 5.02 Å². The minimum absolute atomic E-state index is 0.121. The molecule has 1 atom stereocenters. The maximum absolute atomic E-state index is 13.8. The van der Waals surface area contributed by atoms with Gasteiger partial charge in [-0.15, -0.1) is 0 Å². The zero-order valence-corrected chi connectivity index (χ0v) is 22.1. The molecule has 0 aliphatic heterocycles. The Morgan fingerprint density at radius 3 is 2.38 bits per heavy atom. The van der Waals surface area contributed by atoms with E-state index in [0.29, 0.717) is 33.3 Å². The summed E-state index contributed by atoms with van der Waals surface area (Å²) < 4.78 is 15.6. The van der Waals surface area contributed by atoms with Gasteiger partial charge in [-0.25, -0.2) is 14.6 Å². The first-order valence-electron chi connectivity index (χ1n) is 11.5. The fourth-order valence-corrected chi connectivity index (χ4v) is 3.89. The summed E-state index contributed by atoms with van der Waals surface area (Å²) in [4.78, 5) is 42.9. The van der Waals surface area contributed by atoms with Crippen LogP contribution in [0.1, 0.15) is 58.8 Å². The molecule has 8 nitrogen and oxygen atoms in total. The Kier molecular flexibility index (Phi) is 8.89. The third-order valence-corrected chi connectivity index (χ3v) is 5.55. The maximum Gasteiger partial charge on any atom is 0.412 e. The third-order valence-electron chi connectivity index (χ3n) is 5.31. The molecule has 0 radical (unpaired) electrons. The number of anilines is 1. The van der Waals surface area contributed by atoms with E-state index in [1.165, 1.54) is 20.3 Å². The van der Waals surface area contributed by atoms with E-state index in [1.54, 1.807) is 75.4 Å². The van der Waals surface area contributed by atoms with Gasteiger partial charge in [-0.05, 0) is 56.7 Å². The molecule has 3 aromatic rings. The van der Waals surface area contributed by atoms with E-state index >= 15 is 0 Å². The predicted octanol–water partition coefficient (Wildman–Crippen LogP) is 6.09. The van der Waals surface area contributed by atoms with Gasteiger partial charge in [-0.1, -0.05) is 35.9 Å². The molecule has 0 spiro atoms. The SMILES string of the molecule is COC(=O)c1cccc(CC(C(=O)c2cccc(Cl)c2)c2ccc(OC)cc2NC(=O)OC(C)(C)C)n1. The van der Waals surface area contributed by atoms with Crippen LogP contribution in [-0.4, -0.2) is 42.7 Å². The minimum atomic E-state index is -0.797. The highest BCUT2D eigenvalue weighted by Crippen LogP contribution is 2.34. The fourth-order valence-electron chi connectivity index (χ4n) is 3.70. The van der Waals surface area contributed by atoms with Crippen molar-refractivity contribution >= 4 is 35.1 Å². The van der Waals surface area contributed by atoms with Gasteiger partial charge in [0.05, 0.1) is 25.8 Å². The largest absolute Gasteiger partial charge is 0.497 e. The number of hydrogen-bond donors (Lipinski definition) is 1. The number of aromatic nitrogens is 1. The molecular weight excluding hydrogens is 496 g/mol. The monoisotopic (exact) mass is 524 g/mol. The van der Waals surface area contributed by atoms with Crippen LogP contribution in [0, 0.1) is 0 Å². The number of nitrogens with one attached hydrogen (secondary N) is 1. The molecule has 37 heavy (non-hydrogen) atoms. The molecule has 0 bridgehead atoms. The highest BCUT2D eigenvalue weighted by atomic mass is 35.5. The van der Waals surface area contributed by atoms with Gasteiger partial charge in [0.2, 0.25) is 0 Å². The lowest BCUT2D eigenvalue weighted by molar-refractivity contribution is 0.0591. The first kappa shape index (κ1) is 27.7. The summed E-state index contributed by atoms with van der Waals surface area (Å²) in [5.74, 6) is -1.15. The molecule has 9 heteroatoms. The van der Waals surface area contributed by atoms with Crippen LogP contribution >= 0.6 is 11.6 Å². The van der Waals surface area contributed by atoms with Gasteiger partial charge in [-0.2, -0.15) is 0 Å². The van der Waals surface area contributed by atoms with Crippen molar-refractivity contribution in [1.29, 1.82) is 0 Å². The van der Waals surface area contributed by atoms with Crippen molar-refractivity contribution < 1.29 is 28.6 Å². The predicted molar refractivity (Wildman–Crippen MR) is 141 cm³/mol. The van der Waals surface area contributed by atoms with Crippen LogP contribution in [0.15, 0.2) is 60.7 Å². The van der Waals surface area contributed by atoms with Crippen LogP contribution < -0.4 is 10.1 Å². The Bertz CT molecular complexity index is 1300. The number of carbonyl (C=O) groups is 3. The van der Waals surface area contributed by atoms with Crippen LogP contribution in [0.5, 0.6) is 5.75 Å². The van der Waals surface area contributed by atoms with E-state index in [4.69, 9.17) is 25.8 Å². The molecule has 194 valence electrons. The second kappa shape index (κ2) is 11.9. The summed E-state index contributed by atoms with van der Waals surface area (Å²) in [7, 11) is 2.78. The summed E-state index contributed by atoms with van der Waals surface area (Å²) >= 11 is 6.17. The molecule has 1 N–H and O–H groups in total. The maximum atomic E-state index is 13.8. The van der Waals surface area contributed by atoms with Crippen LogP contribution in [0.25, 0.3) is 0 Å². The van der Waals surface area contributed by atoms with Crippen molar-refractivity contribution in [3.05, 3.63) is 88.2 Å². The average molecular weight is 525 g/mol. The van der Waals surface area contributed by atoms with Crippen molar-refractivity contribution in [2.45, 2.75) is 38.7 Å². The molecule has 0 aliphatic rings. The zero-order valence-electron chi connectivity index (χ0n) is 21.3. The third kappa shape index (κ3) is 7.54. The number of halogens is 1. The Labute approximate surface area is 220 Å². The number of Topliss-reactive ketones (excluding diaryl/α,β-unsaturated/α-hetero) is 1. The molecule has 2 aromatic carbocycles. The fraction of sp³-hybridized carbons (Fsp3) is 0.286. The normalized spacial score (nSPS) is 11.8. The number of carbonyl (C=O) groups excluding carboxylic acids is 3. The number of nitrogens with zero attached hydrogens (tertiary/aromatic N) is 1. The standard InChI is InChI=1S/C28H29ClN2O6/c1-28(2,3)37-27(34)31-24-16-20(35-4)12-13-21(24)22(25(32)17-8-6-9-18(29)14-17)15-19-10-7-11-23(30-19)26(33)36-5/h6-14,16,22H,15H2,1-5H3,(H,31,34). The number of esters is 1. The number of methoxy groups -OCH3 is 2. The van der Waals surface area contributed by atoms with Crippen molar-refractivity contribution in [1.82, 2.24) is 4.98 Å². The number of pyridine rings is 1. The first-order chi connectivity index (χ1) is 17.5. The number of amides is 1. The van der Waals surface area contributed by atoms with Crippen molar-refractivity contribution in [3.63, 3.8) is 0 Å². The quantitative estimate of drug-likeness (QED) is 0.281. The van der Waals surface area contributed by atoms with Gasteiger partial charge >= 0.3 is 12.1 Å². The van der Waals surface area contributed by atoms with E-state index in [9.17, 15) is 14.4 Å². The van der Waals surface area contributed by atoms with Gasteiger partial charge < -0.3 is 14.2 Å².